The lowest BCUT2D eigenvalue weighted by Crippen LogP contribution is -2.17. The Morgan fingerprint density at radius 1 is 1.17 bits per heavy atom. The van der Waals surface area contributed by atoms with E-state index < -0.39 is 23.3 Å². The van der Waals surface area contributed by atoms with Gasteiger partial charge in [0.25, 0.3) is 5.91 Å². The number of esters is 1. The van der Waals surface area contributed by atoms with E-state index in [1.807, 2.05) is 0 Å². The van der Waals surface area contributed by atoms with Crippen molar-refractivity contribution in [3.05, 3.63) is 82.2 Å². The summed E-state index contributed by atoms with van der Waals surface area (Å²) in [6, 6.07) is 11.6. The number of fused-ring (bicyclic) bond motifs is 1. The highest BCUT2D eigenvalue weighted by molar-refractivity contribution is 6.12. The lowest BCUT2D eigenvalue weighted by molar-refractivity contribution is 0.0593. The van der Waals surface area contributed by atoms with Crippen molar-refractivity contribution in [3.8, 4) is 5.69 Å². The number of rotatable bonds is 4. The predicted molar refractivity (Wildman–Crippen MR) is 105 cm³/mol. The largest absolute Gasteiger partial charge is 0.464 e. The van der Waals surface area contributed by atoms with Crippen LogP contribution in [-0.2, 0) is 4.74 Å². The van der Waals surface area contributed by atoms with Gasteiger partial charge < -0.3 is 15.0 Å². The molecule has 0 saturated carbocycles. The minimum Gasteiger partial charge on any atom is -0.464 e. The number of H-pyrrole nitrogens is 1. The molecule has 2 aromatic carbocycles. The maximum absolute atomic E-state index is 13.5. The average molecular weight is 407 g/mol. The maximum Gasteiger partial charge on any atom is 0.360 e. The van der Waals surface area contributed by atoms with Crippen molar-refractivity contribution < 1.29 is 18.7 Å². The Labute approximate surface area is 168 Å². The molecule has 2 aromatic heterocycles. The van der Waals surface area contributed by atoms with Gasteiger partial charge in [0, 0.05) is 17.1 Å². The second kappa shape index (κ2) is 7.59. The second-order valence-electron chi connectivity index (χ2n) is 6.28. The number of hydrogen-bond acceptors (Lipinski definition) is 6. The molecular formula is C20H14FN5O4. The van der Waals surface area contributed by atoms with Crippen molar-refractivity contribution >= 4 is 28.5 Å². The molecule has 150 valence electrons. The first kappa shape index (κ1) is 19.0. The predicted octanol–water partition coefficient (Wildman–Crippen LogP) is 2.29. The van der Waals surface area contributed by atoms with Crippen LogP contribution in [0.3, 0.4) is 0 Å². The summed E-state index contributed by atoms with van der Waals surface area (Å²) in [5.41, 5.74) is 0.794. The van der Waals surface area contributed by atoms with E-state index in [-0.39, 0.29) is 16.8 Å². The first-order chi connectivity index (χ1) is 14.4. The highest BCUT2D eigenvalue weighted by Crippen LogP contribution is 2.19. The average Bonchev–Trinajstić information content (AvgIpc) is 3.22. The molecule has 0 saturated heterocycles. The number of nitrogens with one attached hydrogen (secondary N) is 2. The summed E-state index contributed by atoms with van der Waals surface area (Å²) in [5.74, 6) is -1.69. The van der Waals surface area contributed by atoms with Gasteiger partial charge >= 0.3 is 5.97 Å². The Morgan fingerprint density at radius 3 is 2.80 bits per heavy atom. The van der Waals surface area contributed by atoms with Crippen LogP contribution in [0.1, 0.15) is 20.8 Å². The summed E-state index contributed by atoms with van der Waals surface area (Å²) in [6.07, 6.45) is 1.39. The Balaban J connectivity index is 1.64. The van der Waals surface area contributed by atoms with Crippen LogP contribution in [0, 0.1) is 5.82 Å². The zero-order valence-corrected chi connectivity index (χ0v) is 15.5. The lowest BCUT2D eigenvalue weighted by atomic mass is 10.1. The first-order valence-corrected chi connectivity index (χ1v) is 8.69. The van der Waals surface area contributed by atoms with Crippen LogP contribution < -0.4 is 10.9 Å². The summed E-state index contributed by atoms with van der Waals surface area (Å²) < 4.78 is 19.4. The molecule has 0 atom stereocenters. The highest BCUT2D eigenvalue weighted by atomic mass is 19.1. The minimum atomic E-state index is -0.622. The molecule has 1 amide bonds. The monoisotopic (exact) mass is 407 g/mol. The van der Waals surface area contributed by atoms with Gasteiger partial charge in [0.05, 0.1) is 30.1 Å². The molecule has 10 heteroatoms. The standard InChI is InChI=1S/C20H14FN5O4/c1-30-20(29)17-10-26(25-24-17)13-4-2-3-12(8-13)22-19(28)15-9-18(27)23-16-7-11(21)5-6-14(15)16/h2-10H,1H3,(H,22,28)(H,23,27). The summed E-state index contributed by atoms with van der Waals surface area (Å²) in [7, 11) is 1.24. The smallest absolute Gasteiger partial charge is 0.360 e. The number of ether oxygens (including phenoxy) is 1. The summed E-state index contributed by atoms with van der Waals surface area (Å²) in [4.78, 5) is 38.7. The van der Waals surface area contributed by atoms with Gasteiger partial charge in [-0.2, -0.15) is 0 Å². The molecule has 0 radical (unpaired) electrons. The SMILES string of the molecule is COC(=O)c1cn(-c2cccc(NC(=O)c3cc(=O)[nH]c4cc(F)ccc34)c2)nn1. The number of methoxy groups -OCH3 is 1. The summed E-state index contributed by atoms with van der Waals surface area (Å²) in [5, 5.41) is 10.7. The highest BCUT2D eigenvalue weighted by Gasteiger charge is 2.14. The van der Waals surface area contributed by atoms with E-state index in [0.29, 0.717) is 16.8 Å². The molecule has 30 heavy (non-hydrogen) atoms. The maximum atomic E-state index is 13.5. The molecule has 4 aromatic rings. The number of pyridine rings is 1. The summed E-state index contributed by atoms with van der Waals surface area (Å²) >= 11 is 0. The van der Waals surface area contributed by atoms with E-state index in [9.17, 15) is 18.8 Å². The van der Waals surface area contributed by atoms with Gasteiger partial charge in [-0.05, 0) is 36.4 Å². The number of carbonyl (C=O) groups is 2. The van der Waals surface area contributed by atoms with Crippen LogP contribution in [0.2, 0.25) is 0 Å². The van der Waals surface area contributed by atoms with E-state index in [1.54, 1.807) is 24.3 Å². The molecule has 0 aliphatic carbocycles. The van der Waals surface area contributed by atoms with Gasteiger partial charge in [-0.3, -0.25) is 9.59 Å². The number of halogens is 1. The Bertz CT molecular complexity index is 1340. The molecule has 0 spiro atoms. The van der Waals surface area contributed by atoms with Crippen LogP contribution in [0.25, 0.3) is 16.6 Å². The van der Waals surface area contributed by atoms with Crippen molar-refractivity contribution in [2.45, 2.75) is 0 Å². The molecule has 0 bridgehead atoms. The number of benzene rings is 2. The van der Waals surface area contributed by atoms with Crippen LogP contribution in [0.4, 0.5) is 10.1 Å². The molecule has 9 nitrogen and oxygen atoms in total. The van der Waals surface area contributed by atoms with Gasteiger partial charge in [0.1, 0.15) is 5.82 Å². The van der Waals surface area contributed by atoms with Gasteiger partial charge in [-0.1, -0.05) is 11.3 Å². The van der Waals surface area contributed by atoms with E-state index in [2.05, 4.69) is 25.3 Å². The van der Waals surface area contributed by atoms with Crippen LogP contribution in [-0.4, -0.2) is 39.0 Å². The normalized spacial score (nSPS) is 10.7. The van der Waals surface area contributed by atoms with Crippen LogP contribution in [0.5, 0.6) is 0 Å². The number of amides is 1. The Hall–Kier alpha value is -4.34. The van der Waals surface area contributed by atoms with Crippen LogP contribution in [0.15, 0.2) is 59.5 Å². The van der Waals surface area contributed by atoms with Crippen molar-refractivity contribution in [1.82, 2.24) is 20.0 Å². The number of carbonyl (C=O) groups excluding carboxylic acids is 2. The number of aromatic nitrogens is 4. The molecular weight excluding hydrogens is 393 g/mol. The molecule has 0 aliphatic rings. The third-order valence-electron chi connectivity index (χ3n) is 4.31. The molecule has 0 fully saturated rings. The van der Waals surface area contributed by atoms with Gasteiger partial charge in [0.15, 0.2) is 5.69 Å². The zero-order valence-electron chi connectivity index (χ0n) is 15.5. The summed E-state index contributed by atoms with van der Waals surface area (Å²) in [6.45, 7) is 0. The molecule has 2 heterocycles. The second-order valence-corrected chi connectivity index (χ2v) is 6.28. The fourth-order valence-electron chi connectivity index (χ4n) is 2.93. The van der Waals surface area contributed by atoms with Crippen molar-refractivity contribution in [2.24, 2.45) is 0 Å². The topological polar surface area (TPSA) is 119 Å². The first-order valence-electron chi connectivity index (χ1n) is 8.69. The number of nitrogens with zero attached hydrogens (tertiary/aromatic N) is 3. The van der Waals surface area contributed by atoms with E-state index in [4.69, 9.17) is 0 Å². The molecule has 0 unspecified atom stereocenters. The van der Waals surface area contributed by atoms with E-state index in [0.717, 1.165) is 12.1 Å². The molecule has 2 N–H and O–H groups in total. The fourth-order valence-corrected chi connectivity index (χ4v) is 2.93. The molecule has 4 rings (SSSR count). The number of aromatic amines is 1. The van der Waals surface area contributed by atoms with Gasteiger partial charge in [0.2, 0.25) is 5.56 Å². The minimum absolute atomic E-state index is 0.0363. The van der Waals surface area contributed by atoms with Crippen LogP contribution >= 0.6 is 0 Å². The zero-order chi connectivity index (χ0) is 21.3. The fraction of sp³-hybridized carbons (Fsp3) is 0.0500. The van der Waals surface area contributed by atoms with Gasteiger partial charge in [-0.15, -0.1) is 5.10 Å². The number of anilines is 1. The third-order valence-corrected chi connectivity index (χ3v) is 4.31. The van der Waals surface area contributed by atoms with Crippen molar-refractivity contribution in [2.75, 3.05) is 12.4 Å². The van der Waals surface area contributed by atoms with E-state index in [1.165, 1.54) is 30.1 Å². The third kappa shape index (κ3) is 3.65. The Kier molecular flexibility index (Phi) is 4.80. The number of hydrogen-bond donors (Lipinski definition) is 2. The van der Waals surface area contributed by atoms with Crippen molar-refractivity contribution in [1.29, 1.82) is 0 Å². The van der Waals surface area contributed by atoms with Gasteiger partial charge in [-0.25, -0.2) is 13.9 Å². The molecule has 0 aliphatic heterocycles. The van der Waals surface area contributed by atoms with E-state index >= 15 is 0 Å². The quantitative estimate of drug-likeness (QED) is 0.501. The Morgan fingerprint density at radius 2 is 2.00 bits per heavy atom. The lowest BCUT2D eigenvalue weighted by Gasteiger charge is -2.09. The van der Waals surface area contributed by atoms with Crippen molar-refractivity contribution in [3.63, 3.8) is 0 Å².